The topological polar surface area (TPSA) is 32.3 Å². The van der Waals surface area contributed by atoms with E-state index >= 15 is 0 Å². The number of benzene rings is 2. The average Bonchev–Trinajstić information content (AvgIpc) is 2.67. The maximum absolute atomic E-state index is 13.8. The Morgan fingerprint density at radius 2 is 1.81 bits per heavy atom. The summed E-state index contributed by atoms with van der Waals surface area (Å²) in [7, 11) is 2.10. The van der Waals surface area contributed by atoms with Gasteiger partial charge in [0, 0.05) is 18.0 Å². The Hall–Kier alpha value is -2.20. The molecular formula is C22H27FN2O. The number of hydrogen-bond acceptors (Lipinski definition) is 2. The van der Waals surface area contributed by atoms with Crippen LogP contribution in [0.4, 0.5) is 4.39 Å². The first kappa shape index (κ1) is 18.6. The standard InChI is InChI=1S/C22H27FN2O/c1-25-15-12-19(13-16-25)22(26)24-14-4-5-17-8-10-18(11-9-17)20-6-2-3-7-21(20)23/h2-3,6-11,19H,4-5,12-16H2,1H3,(H,24,26). The summed E-state index contributed by atoms with van der Waals surface area (Å²) in [6.07, 6.45) is 3.74. The number of likely N-dealkylation sites (tertiary alicyclic amines) is 1. The Morgan fingerprint density at radius 3 is 2.50 bits per heavy atom. The number of amides is 1. The smallest absolute Gasteiger partial charge is 0.223 e. The van der Waals surface area contributed by atoms with E-state index in [4.69, 9.17) is 0 Å². The predicted molar refractivity (Wildman–Crippen MR) is 103 cm³/mol. The molecule has 2 aromatic rings. The molecule has 1 N–H and O–H groups in total. The summed E-state index contributed by atoms with van der Waals surface area (Å²) < 4.78 is 13.8. The number of carbonyl (C=O) groups is 1. The van der Waals surface area contributed by atoms with Crippen molar-refractivity contribution < 1.29 is 9.18 Å². The van der Waals surface area contributed by atoms with Crippen LogP contribution in [0.25, 0.3) is 11.1 Å². The highest BCUT2D eigenvalue weighted by atomic mass is 19.1. The second-order valence-corrected chi connectivity index (χ2v) is 7.15. The van der Waals surface area contributed by atoms with Crippen LogP contribution in [0.2, 0.25) is 0 Å². The Bertz CT molecular complexity index is 721. The van der Waals surface area contributed by atoms with E-state index in [-0.39, 0.29) is 17.6 Å². The molecule has 1 fully saturated rings. The summed E-state index contributed by atoms with van der Waals surface area (Å²) in [5, 5.41) is 3.08. The molecule has 3 rings (SSSR count). The lowest BCUT2D eigenvalue weighted by Gasteiger charge is -2.28. The highest BCUT2D eigenvalue weighted by Crippen LogP contribution is 2.23. The van der Waals surface area contributed by atoms with Crippen LogP contribution < -0.4 is 5.32 Å². The molecule has 0 spiro atoms. The van der Waals surface area contributed by atoms with Crippen molar-refractivity contribution >= 4 is 5.91 Å². The number of piperidine rings is 1. The molecule has 2 aromatic carbocycles. The number of nitrogens with one attached hydrogen (secondary N) is 1. The highest BCUT2D eigenvalue weighted by Gasteiger charge is 2.22. The SMILES string of the molecule is CN1CCC(C(=O)NCCCc2ccc(-c3ccccc3F)cc2)CC1. The van der Waals surface area contributed by atoms with Gasteiger partial charge in [0.1, 0.15) is 5.82 Å². The van der Waals surface area contributed by atoms with Gasteiger partial charge in [-0.3, -0.25) is 4.79 Å². The fraction of sp³-hybridized carbons (Fsp3) is 0.409. The van der Waals surface area contributed by atoms with Crippen molar-refractivity contribution in [2.45, 2.75) is 25.7 Å². The number of halogens is 1. The largest absolute Gasteiger partial charge is 0.356 e. The van der Waals surface area contributed by atoms with Crippen molar-refractivity contribution in [2.75, 3.05) is 26.7 Å². The molecular weight excluding hydrogens is 327 g/mol. The first-order chi connectivity index (χ1) is 12.6. The van der Waals surface area contributed by atoms with E-state index < -0.39 is 0 Å². The van der Waals surface area contributed by atoms with Gasteiger partial charge < -0.3 is 10.2 Å². The van der Waals surface area contributed by atoms with E-state index in [0.29, 0.717) is 12.1 Å². The number of rotatable bonds is 6. The van der Waals surface area contributed by atoms with Crippen LogP contribution in [-0.2, 0) is 11.2 Å². The molecule has 0 unspecified atom stereocenters. The Kier molecular flexibility index (Phi) is 6.40. The number of hydrogen-bond donors (Lipinski definition) is 1. The van der Waals surface area contributed by atoms with Crippen molar-refractivity contribution in [1.29, 1.82) is 0 Å². The van der Waals surface area contributed by atoms with Crippen molar-refractivity contribution in [3.05, 3.63) is 59.9 Å². The maximum Gasteiger partial charge on any atom is 0.223 e. The first-order valence-corrected chi connectivity index (χ1v) is 9.43. The van der Waals surface area contributed by atoms with Crippen LogP contribution in [0, 0.1) is 11.7 Å². The average molecular weight is 354 g/mol. The summed E-state index contributed by atoms with van der Waals surface area (Å²) in [6, 6.07) is 14.8. The molecule has 0 aliphatic carbocycles. The highest BCUT2D eigenvalue weighted by molar-refractivity contribution is 5.78. The molecule has 1 aliphatic rings. The van der Waals surface area contributed by atoms with Crippen LogP contribution in [0.15, 0.2) is 48.5 Å². The molecule has 3 nitrogen and oxygen atoms in total. The van der Waals surface area contributed by atoms with Gasteiger partial charge in [-0.2, -0.15) is 0 Å². The monoisotopic (exact) mass is 354 g/mol. The normalized spacial score (nSPS) is 15.8. The van der Waals surface area contributed by atoms with Crippen molar-refractivity contribution in [2.24, 2.45) is 5.92 Å². The minimum absolute atomic E-state index is 0.172. The minimum atomic E-state index is -0.197. The van der Waals surface area contributed by atoms with Gasteiger partial charge in [-0.05, 0) is 63.0 Å². The zero-order valence-electron chi connectivity index (χ0n) is 15.4. The molecule has 138 valence electrons. The Labute approximate surface area is 155 Å². The minimum Gasteiger partial charge on any atom is -0.356 e. The van der Waals surface area contributed by atoms with Crippen LogP contribution in [0.5, 0.6) is 0 Å². The van der Waals surface area contributed by atoms with Gasteiger partial charge in [0.2, 0.25) is 5.91 Å². The molecule has 4 heteroatoms. The molecule has 0 bridgehead atoms. The van der Waals surface area contributed by atoms with Gasteiger partial charge in [0.25, 0.3) is 0 Å². The molecule has 1 aliphatic heterocycles. The molecule has 0 radical (unpaired) electrons. The lowest BCUT2D eigenvalue weighted by molar-refractivity contribution is -0.126. The summed E-state index contributed by atoms with van der Waals surface area (Å²) in [6.45, 7) is 2.72. The van der Waals surface area contributed by atoms with Gasteiger partial charge in [-0.15, -0.1) is 0 Å². The number of nitrogens with zero attached hydrogens (tertiary/aromatic N) is 1. The van der Waals surface area contributed by atoms with Gasteiger partial charge in [0.05, 0.1) is 0 Å². The molecule has 0 saturated carbocycles. The fourth-order valence-electron chi connectivity index (χ4n) is 3.47. The van der Waals surface area contributed by atoms with Gasteiger partial charge in [-0.1, -0.05) is 42.5 Å². The van der Waals surface area contributed by atoms with Crippen molar-refractivity contribution in [3.8, 4) is 11.1 Å². The number of carbonyl (C=O) groups excluding carboxylic acids is 1. The van der Waals surface area contributed by atoms with Crippen LogP contribution in [0.3, 0.4) is 0 Å². The summed E-state index contributed by atoms with van der Waals surface area (Å²) in [4.78, 5) is 14.5. The summed E-state index contributed by atoms with van der Waals surface area (Å²) in [5.41, 5.74) is 2.73. The predicted octanol–water partition coefficient (Wildman–Crippen LogP) is 3.88. The van der Waals surface area contributed by atoms with E-state index in [9.17, 15) is 9.18 Å². The second-order valence-electron chi connectivity index (χ2n) is 7.15. The first-order valence-electron chi connectivity index (χ1n) is 9.43. The van der Waals surface area contributed by atoms with E-state index in [0.717, 1.165) is 44.3 Å². The fourth-order valence-corrected chi connectivity index (χ4v) is 3.47. The molecule has 0 atom stereocenters. The zero-order chi connectivity index (χ0) is 18.4. The van der Waals surface area contributed by atoms with E-state index in [1.54, 1.807) is 12.1 Å². The molecule has 0 aromatic heterocycles. The molecule has 1 amide bonds. The lowest BCUT2D eigenvalue weighted by atomic mass is 9.96. The van der Waals surface area contributed by atoms with Gasteiger partial charge in [0.15, 0.2) is 0 Å². The Morgan fingerprint density at radius 1 is 1.12 bits per heavy atom. The van der Waals surface area contributed by atoms with Gasteiger partial charge in [-0.25, -0.2) is 4.39 Å². The molecule has 26 heavy (non-hydrogen) atoms. The third-order valence-electron chi connectivity index (χ3n) is 5.17. The summed E-state index contributed by atoms with van der Waals surface area (Å²) in [5.74, 6) is 0.177. The van der Waals surface area contributed by atoms with Crippen molar-refractivity contribution in [1.82, 2.24) is 10.2 Å². The van der Waals surface area contributed by atoms with E-state index in [1.165, 1.54) is 11.6 Å². The van der Waals surface area contributed by atoms with Gasteiger partial charge >= 0.3 is 0 Å². The quantitative estimate of drug-likeness (QED) is 0.799. The molecule has 1 saturated heterocycles. The Balaban J connectivity index is 1.43. The summed E-state index contributed by atoms with van der Waals surface area (Å²) >= 11 is 0. The number of aryl methyl sites for hydroxylation is 1. The van der Waals surface area contributed by atoms with Crippen LogP contribution >= 0.6 is 0 Å². The van der Waals surface area contributed by atoms with Crippen LogP contribution in [-0.4, -0.2) is 37.5 Å². The van der Waals surface area contributed by atoms with Crippen LogP contribution in [0.1, 0.15) is 24.8 Å². The zero-order valence-corrected chi connectivity index (χ0v) is 15.4. The third kappa shape index (κ3) is 4.92. The maximum atomic E-state index is 13.8. The lowest BCUT2D eigenvalue weighted by Crippen LogP contribution is -2.39. The molecule has 1 heterocycles. The second kappa shape index (κ2) is 8.95. The van der Waals surface area contributed by atoms with E-state index in [2.05, 4.69) is 17.3 Å². The van der Waals surface area contributed by atoms with E-state index in [1.807, 2.05) is 30.3 Å². The van der Waals surface area contributed by atoms with Crippen molar-refractivity contribution in [3.63, 3.8) is 0 Å². The third-order valence-corrected chi connectivity index (χ3v) is 5.17.